The highest BCUT2D eigenvalue weighted by Gasteiger charge is 2.07. The molecule has 3 heteroatoms. The summed E-state index contributed by atoms with van der Waals surface area (Å²) in [6.45, 7) is 4.86. The predicted octanol–water partition coefficient (Wildman–Crippen LogP) is 4.32. The Morgan fingerprint density at radius 3 is 2.50 bits per heavy atom. The van der Waals surface area contributed by atoms with Crippen LogP contribution in [0, 0.1) is 0 Å². The van der Waals surface area contributed by atoms with Gasteiger partial charge in [-0.05, 0) is 47.2 Å². The van der Waals surface area contributed by atoms with Crippen molar-refractivity contribution in [1.29, 1.82) is 0 Å². The predicted molar refractivity (Wildman–Crippen MR) is 92.2 cm³/mol. The summed E-state index contributed by atoms with van der Waals surface area (Å²) < 4.78 is 0. The van der Waals surface area contributed by atoms with Crippen molar-refractivity contribution in [1.82, 2.24) is 5.32 Å². The van der Waals surface area contributed by atoms with E-state index in [1.807, 2.05) is 24.3 Å². The van der Waals surface area contributed by atoms with Crippen molar-refractivity contribution in [2.45, 2.75) is 39.7 Å². The standard InChI is InChI=1S/C19H22ClNO/c1-3-14-8-9-16(4-2)17(10-14)13-21-19(22)12-15-6-5-7-18(20)11-15/h5-11H,3-4,12-13H2,1-2H3,(H,21,22). The molecule has 0 saturated carbocycles. The third-order valence-electron chi connectivity index (χ3n) is 3.79. The van der Waals surface area contributed by atoms with Gasteiger partial charge >= 0.3 is 0 Å². The van der Waals surface area contributed by atoms with Gasteiger partial charge in [-0.25, -0.2) is 0 Å². The molecule has 0 aliphatic rings. The third kappa shape index (κ3) is 4.60. The van der Waals surface area contributed by atoms with Crippen molar-refractivity contribution >= 4 is 17.5 Å². The molecule has 0 unspecified atom stereocenters. The molecule has 0 aliphatic heterocycles. The van der Waals surface area contributed by atoms with E-state index in [-0.39, 0.29) is 5.91 Å². The third-order valence-corrected chi connectivity index (χ3v) is 4.02. The van der Waals surface area contributed by atoms with Crippen LogP contribution in [0.25, 0.3) is 0 Å². The molecule has 2 aromatic carbocycles. The molecule has 0 atom stereocenters. The van der Waals surface area contributed by atoms with Crippen molar-refractivity contribution in [3.05, 3.63) is 69.7 Å². The molecule has 22 heavy (non-hydrogen) atoms. The maximum Gasteiger partial charge on any atom is 0.224 e. The summed E-state index contributed by atoms with van der Waals surface area (Å²) in [4.78, 5) is 12.1. The van der Waals surface area contributed by atoms with Crippen LogP contribution in [0.5, 0.6) is 0 Å². The molecule has 2 nitrogen and oxygen atoms in total. The van der Waals surface area contributed by atoms with Gasteiger partial charge < -0.3 is 5.32 Å². The van der Waals surface area contributed by atoms with E-state index in [1.54, 1.807) is 0 Å². The lowest BCUT2D eigenvalue weighted by Gasteiger charge is -2.11. The van der Waals surface area contributed by atoms with Crippen LogP contribution in [0.1, 0.15) is 36.1 Å². The lowest BCUT2D eigenvalue weighted by Crippen LogP contribution is -2.25. The lowest BCUT2D eigenvalue weighted by atomic mass is 10.0. The minimum absolute atomic E-state index is 0.0196. The number of amides is 1. The molecule has 0 bridgehead atoms. The Hall–Kier alpha value is -1.80. The molecule has 2 rings (SSSR count). The summed E-state index contributed by atoms with van der Waals surface area (Å²) in [5, 5.41) is 3.67. The first-order valence-corrected chi connectivity index (χ1v) is 8.12. The molecular weight excluding hydrogens is 294 g/mol. The van der Waals surface area contributed by atoms with E-state index in [9.17, 15) is 4.79 Å². The first kappa shape index (κ1) is 16.6. The number of carbonyl (C=O) groups excluding carboxylic acids is 1. The van der Waals surface area contributed by atoms with E-state index in [0.717, 1.165) is 18.4 Å². The summed E-state index contributed by atoms with van der Waals surface area (Å²) in [5.41, 5.74) is 4.74. The molecule has 0 spiro atoms. The largest absolute Gasteiger partial charge is 0.352 e. The fourth-order valence-electron chi connectivity index (χ4n) is 2.50. The molecule has 0 saturated heterocycles. The summed E-state index contributed by atoms with van der Waals surface area (Å²) in [6, 6.07) is 13.9. The Balaban J connectivity index is 1.98. The highest BCUT2D eigenvalue weighted by atomic mass is 35.5. The molecule has 1 N–H and O–H groups in total. The molecular formula is C19H22ClNO. The maximum atomic E-state index is 12.1. The Bertz CT molecular complexity index is 652. The zero-order chi connectivity index (χ0) is 15.9. The average Bonchev–Trinajstić information content (AvgIpc) is 2.52. The molecule has 0 heterocycles. The van der Waals surface area contributed by atoms with E-state index < -0.39 is 0 Å². The van der Waals surface area contributed by atoms with Crippen molar-refractivity contribution in [2.75, 3.05) is 0 Å². The van der Waals surface area contributed by atoms with Crippen LogP contribution in [0.2, 0.25) is 5.02 Å². The second kappa shape index (κ2) is 8.00. The number of benzene rings is 2. The van der Waals surface area contributed by atoms with E-state index in [2.05, 4.69) is 37.4 Å². The number of nitrogens with one attached hydrogen (secondary N) is 1. The Morgan fingerprint density at radius 1 is 1.00 bits per heavy atom. The SMILES string of the molecule is CCc1ccc(CC)c(CNC(=O)Cc2cccc(Cl)c2)c1. The van der Waals surface area contributed by atoms with Gasteiger partial charge in [-0.2, -0.15) is 0 Å². The summed E-state index contributed by atoms with van der Waals surface area (Å²) in [5.74, 6) is 0.0196. The van der Waals surface area contributed by atoms with E-state index in [0.29, 0.717) is 18.0 Å². The van der Waals surface area contributed by atoms with Gasteiger partial charge in [-0.1, -0.05) is 55.8 Å². The van der Waals surface area contributed by atoms with Gasteiger partial charge in [0.1, 0.15) is 0 Å². The Labute approximate surface area is 137 Å². The van der Waals surface area contributed by atoms with Crippen molar-refractivity contribution in [3.8, 4) is 0 Å². The topological polar surface area (TPSA) is 29.1 Å². The first-order chi connectivity index (χ1) is 10.6. The fourth-order valence-corrected chi connectivity index (χ4v) is 2.71. The van der Waals surface area contributed by atoms with Crippen LogP contribution in [0.15, 0.2) is 42.5 Å². The number of aryl methyl sites for hydroxylation is 2. The van der Waals surface area contributed by atoms with Crippen molar-refractivity contribution in [2.24, 2.45) is 0 Å². The summed E-state index contributed by atoms with van der Waals surface area (Å²) >= 11 is 5.94. The zero-order valence-electron chi connectivity index (χ0n) is 13.2. The number of hydrogen-bond donors (Lipinski definition) is 1. The number of halogens is 1. The van der Waals surface area contributed by atoms with Gasteiger partial charge in [-0.3, -0.25) is 4.79 Å². The van der Waals surface area contributed by atoms with Gasteiger partial charge in [0.2, 0.25) is 5.91 Å². The summed E-state index contributed by atoms with van der Waals surface area (Å²) in [7, 11) is 0. The van der Waals surface area contributed by atoms with Crippen LogP contribution in [-0.4, -0.2) is 5.91 Å². The highest BCUT2D eigenvalue weighted by Crippen LogP contribution is 2.14. The molecule has 2 aromatic rings. The fraction of sp³-hybridized carbons (Fsp3) is 0.316. The first-order valence-electron chi connectivity index (χ1n) is 7.74. The normalized spacial score (nSPS) is 10.5. The number of hydrogen-bond acceptors (Lipinski definition) is 1. The highest BCUT2D eigenvalue weighted by molar-refractivity contribution is 6.30. The van der Waals surface area contributed by atoms with Crippen molar-refractivity contribution < 1.29 is 4.79 Å². The molecule has 0 aliphatic carbocycles. The Morgan fingerprint density at radius 2 is 1.82 bits per heavy atom. The zero-order valence-corrected chi connectivity index (χ0v) is 13.9. The summed E-state index contributed by atoms with van der Waals surface area (Å²) in [6.07, 6.45) is 2.34. The average molecular weight is 316 g/mol. The molecule has 1 amide bonds. The maximum absolute atomic E-state index is 12.1. The van der Waals surface area contributed by atoms with Gasteiger partial charge in [0.05, 0.1) is 6.42 Å². The van der Waals surface area contributed by atoms with Gasteiger partial charge in [-0.15, -0.1) is 0 Å². The van der Waals surface area contributed by atoms with Crippen molar-refractivity contribution in [3.63, 3.8) is 0 Å². The molecule has 0 fully saturated rings. The molecule has 0 radical (unpaired) electrons. The number of carbonyl (C=O) groups is 1. The van der Waals surface area contributed by atoms with Gasteiger partial charge in [0, 0.05) is 11.6 Å². The van der Waals surface area contributed by atoms with Crippen LogP contribution in [-0.2, 0) is 30.6 Å². The van der Waals surface area contributed by atoms with Gasteiger partial charge in [0.15, 0.2) is 0 Å². The van der Waals surface area contributed by atoms with Crippen LogP contribution < -0.4 is 5.32 Å². The smallest absolute Gasteiger partial charge is 0.224 e. The second-order valence-electron chi connectivity index (χ2n) is 5.39. The van der Waals surface area contributed by atoms with E-state index in [4.69, 9.17) is 11.6 Å². The second-order valence-corrected chi connectivity index (χ2v) is 5.83. The minimum Gasteiger partial charge on any atom is -0.352 e. The minimum atomic E-state index is 0.0196. The van der Waals surface area contributed by atoms with Crippen LogP contribution in [0.4, 0.5) is 0 Å². The van der Waals surface area contributed by atoms with E-state index in [1.165, 1.54) is 16.7 Å². The molecule has 116 valence electrons. The Kier molecular flexibility index (Phi) is 6.02. The van der Waals surface area contributed by atoms with Gasteiger partial charge in [0.25, 0.3) is 0 Å². The number of rotatable bonds is 6. The monoisotopic (exact) mass is 315 g/mol. The van der Waals surface area contributed by atoms with E-state index >= 15 is 0 Å². The molecule has 0 aromatic heterocycles. The quantitative estimate of drug-likeness (QED) is 0.845. The van der Waals surface area contributed by atoms with Crippen LogP contribution >= 0.6 is 11.6 Å². The van der Waals surface area contributed by atoms with Crippen LogP contribution in [0.3, 0.4) is 0 Å². The lowest BCUT2D eigenvalue weighted by molar-refractivity contribution is -0.120.